The third-order valence-corrected chi connectivity index (χ3v) is 4.62. The Bertz CT molecular complexity index is 1180. The van der Waals surface area contributed by atoms with Crippen LogP contribution in [0.25, 0.3) is 17.4 Å². The van der Waals surface area contributed by atoms with Crippen molar-refractivity contribution in [3.8, 4) is 17.4 Å². The van der Waals surface area contributed by atoms with E-state index in [1.54, 1.807) is 36.4 Å². The van der Waals surface area contributed by atoms with E-state index in [-0.39, 0.29) is 22.0 Å². The molecule has 0 saturated carbocycles. The number of benzene rings is 2. The molecule has 0 fully saturated rings. The summed E-state index contributed by atoms with van der Waals surface area (Å²) >= 11 is 12.0. The highest BCUT2D eigenvalue weighted by molar-refractivity contribution is 6.34. The summed E-state index contributed by atoms with van der Waals surface area (Å²) in [5.41, 5.74) is -1.02. The van der Waals surface area contributed by atoms with Crippen LogP contribution < -0.4 is 5.32 Å². The number of carbonyl (C=O) groups excluding carboxylic acids is 1. The normalized spacial score (nSPS) is 11.8. The number of hydrogen-bond acceptors (Lipinski definition) is 3. The first kappa shape index (κ1) is 21.5. The summed E-state index contributed by atoms with van der Waals surface area (Å²) in [6.45, 7) is 0. The molecule has 1 N–H and O–H groups in total. The molecule has 152 valence electrons. The van der Waals surface area contributed by atoms with E-state index in [0.717, 1.165) is 18.2 Å². The standard InChI is InChI=1S/C21H11Cl2F3N2O2/c22-16-4-2-1-3-15(16)19-8-6-14(30-19)9-12(11-27)20(29)28-18-10-13(21(24,25)26)5-7-17(18)23/h1-10H,(H,28,29)/b12-9+. The molecular formula is C21H11Cl2F3N2O2. The maximum absolute atomic E-state index is 12.9. The lowest BCUT2D eigenvalue weighted by atomic mass is 10.1. The Labute approximate surface area is 179 Å². The highest BCUT2D eigenvalue weighted by Crippen LogP contribution is 2.34. The minimum Gasteiger partial charge on any atom is -0.457 e. The summed E-state index contributed by atoms with van der Waals surface area (Å²) < 4.78 is 44.2. The number of nitriles is 1. The lowest BCUT2D eigenvalue weighted by Gasteiger charge is -2.11. The number of amides is 1. The van der Waals surface area contributed by atoms with Crippen LogP contribution in [0.15, 0.2) is 64.6 Å². The topological polar surface area (TPSA) is 66.0 Å². The molecule has 0 bridgehead atoms. The first-order valence-electron chi connectivity index (χ1n) is 8.33. The van der Waals surface area contributed by atoms with Crippen molar-refractivity contribution >= 4 is 40.9 Å². The largest absolute Gasteiger partial charge is 0.457 e. The van der Waals surface area contributed by atoms with Crippen molar-refractivity contribution in [2.45, 2.75) is 6.18 Å². The number of carbonyl (C=O) groups is 1. The molecule has 3 aromatic rings. The smallest absolute Gasteiger partial charge is 0.416 e. The van der Waals surface area contributed by atoms with Gasteiger partial charge in [0.15, 0.2) is 0 Å². The van der Waals surface area contributed by atoms with Crippen molar-refractivity contribution in [3.63, 3.8) is 0 Å². The number of alkyl halides is 3. The second-order valence-electron chi connectivity index (χ2n) is 6.00. The molecule has 3 rings (SSSR count). The van der Waals surface area contributed by atoms with E-state index in [2.05, 4.69) is 5.32 Å². The summed E-state index contributed by atoms with van der Waals surface area (Å²) in [5, 5.41) is 11.9. The minimum atomic E-state index is -4.61. The van der Waals surface area contributed by atoms with E-state index < -0.39 is 17.6 Å². The number of anilines is 1. The van der Waals surface area contributed by atoms with Crippen LogP contribution in [0.3, 0.4) is 0 Å². The zero-order chi connectivity index (χ0) is 21.9. The van der Waals surface area contributed by atoms with Gasteiger partial charge in [0.1, 0.15) is 23.2 Å². The van der Waals surface area contributed by atoms with Gasteiger partial charge in [-0.05, 0) is 42.5 Å². The molecule has 0 saturated heterocycles. The molecule has 9 heteroatoms. The molecule has 0 aliphatic heterocycles. The van der Waals surface area contributed by atoms with Gasteiger partial charge in [-0.15, -0.1) is 0 Å². The zero-order valence-corrected chi connectivity index (χ0v) is 16.4. The van der Waals surface area contributed by atoms with Gasteiger partial charge in [0, 0.05) is 11.6 Å². The van der Waals surface area contributed by atoms with Crippen LogP contribution in [0.4, 0.5) is 18.9 Å². The number of nitrogens with zero attached hydrogens (tertiary/aromatic N) is 1. The van der Waals surface area contributed by atoms with Gasteiger partial charge in [-0.1, -0.05) is 35.3 Å². The molecule has 4 nitrogen and oxygen atoms in total. The molecule has 1 heterocycles. The van der Waals surface area contributed by atoms with Crippen LogP contribution in [-0.2, 0) is 11.0 Å². The van der Waals surface area contributed by atoms with Crippen LogP contribution in [0, 0.1) is 11.3 Å². The molecule has 0 spiro atoms. The molecular weight excluding hydrogens is 440 g/mol. The fourth-order valence-corrected chi connectivity index (χ4v) is 2.91. The Morgan fingerprint density at radius 2 is 1.80 bits per heavy atom. The van der Waals surface area contributed by atoms with Crippen LogP contribution in [0.5, 0.6) is 0 Å². The maximum Gasteiger partial charge on any atom is 0.416 e. The second-order valence-corrected chi connectivity index (χ2v) is 6.81. The quantitative estimate of drug-likeness (QED) is 0.350. The van der Waals surface area contributed by atoms with Crippen molar-refractivity contribution in [1.82, 2.24) is 0 Å². The molecule has 30 heavy (non-hydrogen) atoms. The summed E-state index contributed by atoms with van der Waals surface area (Å²) in [6.07, 6.45) is -3.45. The van der Waals surface area contributed by atoms with E-state index >= 15 is 0 Å². The van der Waals surface area contributed by atoms with E-state index in [4.69, 9.17) is 27.6 Å². The van der Waals surface area contributed by atoms with Crippen molar-refractivity contribution < 1.29 is 22.4 Å². The van der Waals surface area contributed by atoms with E-state index in [1.807, 2.05) is 0 Å². The lowest BCUT2D eigenvalue weighted by molar-refractivity contribution is -0.137. The maximum atomic E-state index is 12.9. The Hall–Kier alpha value is -3.21. The average molecular weight is 451 g/mol. The number of hydrogen-bond donors (Lipinski definition) is 1. The molecule has 0 aliphatic rings. The fourth-order valence-electron chi connectivity index (χ4n) is 2.51. The summed E-state index contributed by atoms with van der Waals surface area (Å²) in [7, 11) is 0. The summed E-state index contributed by atoms with van der Waals surface area (Å²) in [5.74, 6) is -0.327. The summed E-state index contributed by atoms with van der Waals surface area (Å²) in [4.78, 5) is 12.4. The second kappa shape index (κ2) is 8.66. The van der Waals surface area contributed by atoms with Gasteiger partial charge < -0.3 is 9.73 Å². The van der Waals surface area contributed by atoms with Crippen molar-refractivity contribution in [1.29, 1.82) is 5.26 Å². The first-order valence-corrected chi connectivity index (χ1v) is 9.09. The Kier molecular flexibility index (Phi) is 6.20. The number of nitrogens with one attached hydrogen (secondary N) is 1. The van der Waals surface area contributed by atoms with E-state index in [1.165, 1.54) is 6.07 Å². The van der Waals surface area contributed by atoms with Crippen LogP contribution >= 0.6 is 23.2 Å². The highest BCUT2D eigenvalue weighted by Gasteiger charge is 2.31. The van der Waals surface area contributed by atoms with Gasteiger partial charge >= 0.3 is 6.18 Å². The predicted octanol–water partition coefficient (Wildman–Crippen LogP) is 6.82. The molecule has 0 atom stereocenters. The van der Waals surface area contributed by atoms with E-state index in [0.29, 0.717) is 22.4 Å². The zero-order valence-electron chi connectivity index (χ0n) is 14.9. The Morgan fingerprint density at radius 3 is 2.47 bits per heavy atom. The van der Waals surface area contributed by atoms with Crippen molar-refractivity contribution in [2.24, 2.45) is 0 Å². The van der Waals surface area contributed by atoms with Crippen molar-refractivity contribution in [2.75, 3.05) is 5.32 Å². The highest BCUT2D eigenvalue weighted by atomic mass is 35.5. The molecule has 0 aliphatic carbocycles. The number of rotatable bonds is 4. The monoisotopic (exact) mass is 450 g/mol. The Morgan fingerprint density at radius 1 is 1.07 bits per heavy atom. The van der Waals surface area contributed by atoms with Gasteiger partial charge in [0.25, 0.3) is 5.91 Å². The molecule has 0 radical (unpaired) electrons. The molecule has 1 aromatic heterocycles. The molecule has 2 aromatic carbocycles. The van der Waals surface area contributed by atoms with Crippen LogP contribution in [0.2, 0.25) is 10.0 Å². The van der Waals surface area contributed by atoms with Crippen molar-refractivity contribution in [3.05, 3.63) is 81.5 Å². The van der Waals surface area contributed by atoms with Gasteiger partial charge in [-0.25, -0.2) is 0 Å². The predicted molar refractivity (Wildman–Crippen MR) is 108 cm³/mol. The number of furan rings is 1. The summed E-state index contributed by atoms with van der Waals surface area (Å²) in [6, 6.07) is 14.3. The SMILES string of the molecule is N#C/C(=C\c1ccc(-c2ccccc2Cl)o1)C(=O)Nc1cc(C(F)(F)F)ccc1Cl. The Balaban J connectivity index is 1.85. The third-order valence-electron chi connectivity index (χ3n) is 3.96. The van der Waals surface area contributed by atoms with Gasteiger partial charge in [0.05, 0.1) is 21.3 Å². The number of halogens is 5. The van der Waals surface area contributed by atoms with Crippen LogP contribution in [-0.4, -0.2) is 5.91 Å². The van der Waals surface area contributed by atoms with Gasteiger partial charge in [-0.2, -0.15) is 18.4 Å². The van der Waals surface area contributed by atoms with Gasteiger partial charge in [-0.3, -0.25) is 4.79 Å². The molecule has 0 unspecified atom stereocenters. The lowest BCUT2D eigenvalue weighted by Crippen LogP contribution is -2.15. The fraction of sp³-hybridized carbons (Fsp3) is 0.0476. The van der Waals surface area contributed by atoms with Gasteiger partial charge in [0.2, 0.25) is 0 Å². The van der Waals surface area contributed by atoms with Crippen LogP contribution in [0.1, 0.15) is 11.3 Å². The average Bonchev–Trinajstić information content (AvgIpc) is 3.15. The third kappa shape index (κ3) is 4.85. The van der Waals surface area contributed by atoms with E-state index in [9.17, 15) is 23.2 Å². The minimum absolute atomic E-state index is 0.104. The first-order chi connectivity index (χ1) is 14.2. The molecule has 1 amide bonds.